The fraction of sp³-hybridized carbons (Fsp3) is 0.360. The maximum Gasteiger partial charge on any atom is 0.127 e. The zero-order valence-corrected chi connectivity index (χ0v) is 21.2. The van der Waals surface area contributed by atoms with Gasteiger partial charge >= 0.3 is 0 Å². The molecule has 0 N–H and O–H groups in total. The van der Waals surface area contributed by atoms with Crippen LogP contribution in [0.4, 0.5) is 0 Å². The van der Waals surface area contributed by atoms with Crippen LogP contribution in [0.25, 0.3) is 11.1 Å². The molecule has 0 amide bonds. The van der Waals surface area contributed by atoms with Crippen molar-refractivity contribution in [2.24, 2.45) is 0 Å². The molecule has 1 atom stereocenters. The molecule has 1 aliphatic carbocycles. The highest BCUT2D eigenvalue weighted by Gasteiger charge is 2.25. The number of fused-ring (bicyclic) bond motifs is 1. The minimum atomic E-state index is 0.625. The van der Waals surface area contributed by atoms with E-state index < -0.39 is 0 Å². The monoisotopic (exact) mass is 518 g/mol. The van der Waals surface area contributed by atoms with Crippen LogP contribution in [0.1, 0.15) is 23.1 Å². The standard InChI is InChI=1S/C25H28BrClN2OS/c1-17-13-18(14-23-21(17)5-4-6-24(23)27)22-8-7-19(26)15-25(22)30-12-11-29-10-9-20(16-29)28(2)31-3/h4-8,13,15,20H,1,9-12,14,16H2,2-3H3. The number of hydrogen-bond acceptors (Lipinski definition) is 4. The van der Waals surface area contributed by atoms with Gasteiger partial charge in [0.1, 0.15) is 12.4 Å². The maximum absolute atomic E-state index is 6.51. The van der Waals surface area contributed by atoms with Crippen molar-refractivity contribution in [1.82, 2.24) is 9.21 Å². The number of likely N-dealkylation sites (tertiary alicyclic amines) is 1. The summed E-state index contributed by atoms with van der Waals surface area (Å²) in [5.41, 5.74) is 5.57. The summed E-state index contributed by atoms with van der Waals surface area (Å²) >= 11 is 11.9. The Morgan fingerprint density at radius 2 is 2.13 bits per heavy atom. The predicted molar refractivity (Wildman–Crippen MR) is 138 cm³/mol. The van der Waals surface area contributed by atoms with Gasteiger partial charge in [-0.15, -0.1) is 0 Å². The highest BCUT2D eigenvalue weighted by Crippen LogP contribution is 2.40. The van der Waals surface area contributed by atoms with Gasteiger partial charge in [-0.05, 0) is 72.8 Å². The highest BCUT2D eigenvalue weighted by atomic mass is 79.9. The molecule has 0 radical (unpaired) electrons. The lowest BCUT2D eigenvalue weighted by atomic mass is 9.85. The molecule has 6 heteroatoms. The first-order chi connectivity index (χ1) is 15.0. The first-order valence-corrected chi connectivity index (χ1v) is 12.9. The number of likely N-dealkylation sites (N-methyl/N-ethyl adjacent to an activating group) is 1. The first-order valence-electron chi connectivity index (χ1n) is 10.6. The van der Waals surface area contributed by atoms with Gasteiger partial charge in [0.2, 0.25) is 0 Å². The van der Waals surface area contributed by atoms with E-state index in [0.717, 1.165) is 63.6 Å². The number of allylic oxidation sites excluding steroid dienone is 3. The molecule has 0 aromatic heterocycles. The van der Waals surface area contributed by atoms with Gasteiger partial charge in [0, 0.05) is 40.6 Å². The van der Waals surface area contributed by atoms with Crippen molar-refractivity contribution < 1.29 is 4.74 Å². The molecule has 164 valence electrons. The molecule has 2 aromatic rings. The summed E-state index contributed by atoms with van der Waals surface area (Å²) in [4.78, 5) is 2.49. The van der Waals surface area contributed by atoms with Crippen LogP contribution in [-0.4, -0.2) is 54.8 Å². The molecule has 0 spiro atoms. The first kappa shape index (κ1) is 22.9. The highest BCUT2D eigenvalue weighted by molar-refractivity contribution is 9.10. The smallest absolute Gasteiger partial charge is 0.127 e. The SMILES string of the molecule is C=C1C=C(c2ccc(Br)cc2OCCN2CCC(N(C)SC)C2)Cc2c(Cl)cccc21. The van der Waals surface area contributed by atoms with E-state index in [2.05, 4.69) is 75.4 Å². The number of halogens is 2. The zero-order valence-electron chi connectivity index (χ0n) is 18.0. The van der Waals surface area contributed by atoms with Gasteiger partial charge in [-0.1, -0.05) is 64.3 Å². The summed E-state index contributed by atoms with van der Waals surface area (Å²) in [6.07, 6.45) is 6.30. The van der Waals surface area contributed by atoms with Crippen molar-refractivity contribution in [3.8, 4) is 5.75 Å². The quantitative estimate of drug-likeness (QED) is 0.392. The van der Waals surface area contributed by atoms with Gasteiger partial charge < -0.3 is 4.74 Å². The van der Waals surface area contributed by atoms with Crippen molar-refractivity contribution in [2.75, 3.05) is 39.5 Å². The molecule has 1 unspecified atom stereocenters. The van der Waals surface area contributed by atoms with Crippen LogP contribution in [-0.2, 0) is 6.42 Å². The molecule has 2 aliphatic rings. The van der Waals surface area contributed by atoms with Crippen molar-refractivity contribution in [3.63, 3.8) is 0 Å². The van der Waals surface area contributed by atoms with Gasteiger partial charge in [-0.3, -0.25) is 4.90 Å². The van der Waals surface area contributed by atoms with E-state index in [9.17, 15) is 0 Å². The largest absolute Gasteiger partial charge is 0.492 e. The van der Waals surface area contributed by atoms with Crippen molar-refractivity contribution in [2.45, 2.75) is 18.9 Å². The Morgan fingerprint density at radius 1 is 1.29 bits per heavy atom. The van der Waals surface area contributed by atoms with Crippen LogP contribution in [0.2, 0.25) is 5.02 Å². The minimum absolute atomic E-state index is 0.625. The normalized spacial score (nSPS) is 18.9. The summed E-state index contributed by atoms with van der Waals surface area (Å²) in [5, 5.41) is 0.794. The van der Waals surface area contributed by atoms with E-state index in [-0.39, 0.29) is 0 Å². The molecule has 1 fully saturated rings. The Labute approximate surface area is 203 Å². The average molecular weight is 520 g/mol. The fourth-order valence-corrected chi connectivity index (χ4v) is 5.42. The topological polar surface area (TPSA) is 15.7 Å². The van der Waals surface area contributed by atoms with Crippen LogP contribution in [0.15, 0.2) is 53.5 Å². The van der Waals surface area contributed by atoms with Crippen molar-refractivity contribution in [1.29, 1.82) is 0 Å². The summed E-state index contributed by atoms with van der Waals surface area (Å²) in [5.74, 6) is 0.904. The number of hydrogen-bond donors (Lipinski definition) is 0. The lowest BCUT2D eigenvalue weighted by Crippen LogP contribution is -2.32. The van der Waals surface area contributed by atoms with E-state index in [4.69, 9.17) is 16.3 Å². The Morgan fingerprint density at radius 3 is 2.94 bits per heavy atom. The number of nitrogens with zero attached hydrogens (tertiary/aromatic N) is 2. The molecule has 0 bridgehead atoms. The third kappa shape index (κ3) is 5.23. The summed E-state index contributed by atoms with van der Waals surface area (Å²) < 4.78 is 9.69. The Hall–Kier alpha value is -1.24. The van der Waals surface area contributed by atoms with E-state index in [1.165, 1.54) is 12.0 Å². The lowest BCUT2D eigenvalue weighted by molar-refractivity contribution is 0.230. The average Bonchev–Trinajstić information content (AvgIpc) is 3.23. The van der Waals surface area contributed by atoms with Gasteiger partial charge in [0.15, 0.2) is 0 Å². The molecular weight excluding hydrogens is 492 g/mol. The second-order valence-electron chi connectivity index (χ2n) is 8.10. The van der Waals surface area contributed by atoms with E-state index in [1.807, 2.05) is 24.1 Å². The molecule has 0 saturated carbocycles. The van der Waals surface area contributed by atoms with Crippen LogP contribution in [0, 0.1) is 0 Å². The summed E-state index contributed by atoms with van der Waals surface area (Å²) in [6, 6.07) is 12.9. The van der Waals surface area contributed by atoms with Crippen LogP contribution in [0.5, 0.6) is 5.75 Å². The minimum Gasteiger partial charge on any atom is -0.492 e. The second-order valence-corrected chi connectivity index (χ2v) is 10.4. The Kier molecular flexibility index (Phi) is 7.50. The van der Waals surface area contributed by atoms with Gasteiger partial charge in [-0.2, -0.15) is 0 Å². The van der Waals surface area contributed by atoms with Gasteiger partial charge in [0.25, 0.3) is 0 Å². The fourth-order valence-electron chi connectivity index (χ4n) is 4.37. The van der Waals surface area contributed by atoms with Crippen LogP contribution < -0.4 is 4.74 Å². The second kappa shape index (κ2) is 10.1. The zero-order chi connectivity index (χ0) is 22.0. The molecule has 4 rings (SSSR count). The number of rotatable bonds is 7. The molecule has 1 heterocycles. The molecule has 1 aliphatic heterocycles. The van der Waals surface area contributed by atoms with E-state index >= 15 is 0 Å². The van der Waals surface area contributed by atoms with Gasteiger partial charge in [-0.25, -0.2) is 4.31 Å². The molecule has 2 aromatic carbocycles. The molecule has 3 nitrogen and oxygen atoms in total. The summed E-state index contributed by atoms with van der Waals surface area (Å²) in [7, 11) is 2.18. The van der Waals surface area contributed by atoms with E-state index in [1.54, 1.807) is 0 Å². The Balaban J connectivity index is 1.47. The number of ether oxygens (including phenoxy) is 1. The molecule has 1 saturated heterocycles. The van der Waals surface area contributed by atoms with Gasteiger partial charge in [0.05, 0.1) is 0 Å². The Bertz CT molecular complexity index is 1010. The van der Waals surface area contributed by atoms with Crippen LogP contribution in [0.3, 0.4) is 0 Å². The number of benzene rings is 2. The molecule has 31 heavy (non-hydrogen) atoms. The lowest BCUT2D eigenvalue weighted by Gasteiger charge is -2.23. The van der Waals surface area contributed by atoms with E-state index in [0.29, 0.717) is 12.6 Å². The predicted octanol–water partition coefficient (Wildman–Crippen LogP) is 6.42. The van der Waals surface area contributed by atoms with Crippen molar-refractivity contribution >= 4 is 50.6 Å². The molecular formula is C25H28BrClN2OS. The maximum atomic E-state index is 6.51. The van der Waals surface area contributed by atoms with Crippen molar-refractivity contribution in [3.05, 3.63) is 75.2 Å². The third-order valence-electron chi connectivity index (χ3n) is 6.18. The summed E-state index contributed by atoms with van der Waals surface area (Å²) in [6.45, 7) is 8.10. The van der Waals surface area contributed by atoms with Crippen LogP contribution >= 0.6 is 39.5 Å². The third-order valence-corrected chi connectivity index (χ3v) is 7.91.